The minimum atomic E-state index is -0.666. The van der Waals surface area contributed by atoms with Gasteiger partial charge in [0.05, 0.1) is 11.4 Å². The standard InChI is InChI=1S/C11H13N3O/c15-11-10(14-6-3-7-14)12-8-4-1-2-5-9(8)13-11/h1-2,4-5,11,13,15H,3,6-7H2. The average Bonchev–Trinajstić information content (AvgIpc) is 2.16. The maximum atomic E-state index is 9.87. The van der Waals surface area contributed by atoms with Gasteiger partial charge >= 0.3 is 0 Å². The van der Waals surface area contributed by atoms with E-state index in [1.807, 2.05) is 24.3 Å². The van der Waals surface area contributed by atoms with Crippen molar-refractivity contribution < 1.29 is 5.11 Å². The van der Waals surface area contributed by atoms with Crippen LogP contribution in [0.2, 0.25) is 0 Å². The van der Waals surface area contributed by atoms with Crippen molar-refractivity contribution in [1.82, 2.24) is 4.90 Å². The first kappa shape index (κ1) is 8.73. The first-order valence-electron chi connectivity index (χ1n) is 5.22. The molecule has 0 radical (unpaired) electrons. The number of nitrogens with zero attached hydrogens (tertiary/aromatic N) is 2. The van der Waals surface area contributed by atoms with Crippen molar-refractivity contribution in [2.45, 2.75) is 12.6 Å². The van der Waals surface area contributed by atoms with E-state index in [1.54, 1.807) is 0 Å². The van der Waals surface area contributed by atoms with Crippen LogP contribution in [0.3, 0.4) is 0 Å². The SMILES string of the molecule is OC1Nc2ccccc2N=C1N1CCC1. The molecule has 78 valence electrons. The first-order valence-corrected chi connectivity index (χ1v) is 5.22. The van der Waals surface area contributed by atoms with Crippen molar-refractivity contribution >= 4 is 17.2 Å². The summed E-state index contributed by atoms with van der Waals surface area (Å²) in [5, 5.41) is 12.9. The van der Waals surface area contributed by atoms with Gasteiger partial charge < -0.3 is 15.3 Å². The quantitative estimate of drug-likeness (QED) is 0.665. The normalized spacial score (nSPS) is 23.7. The van der Waals surface area contributed by atoms with Gasteiger partial charge in [0, 0.05) is 13.1 Å². The molecular weight excluding hydrogens is 190 g/mol. The van der Waals surface area contributed by atoms with Crippen LogP contribution >= 0.6 is 0 Å². The summed E-state index contributed by atoms with van der Waals surface area (Å²) < 4.78 is 0. The molecule has 2 aliphatic rings. The lowest BCUT2D eigenvalue weighted by molar-refractivity contribution is 0.216. The van der Waals surface area contributed by atoms with Crippen LogP contribution in [0.15, 0.2) is 29.3 Å². The Morgan fingerprint density at radius 3 is 2.87 bits per heavy atom. The molecule has 0 aromatic heterocycles. The Bertz CT molecular complexity index is 412. The molecule has 2 aliphatic heterocycles. The molecule has 0 spiro atoms. The molecule has 1 saturated heterocycles. The Kier molecular flexibility index (Phi) is 1.89. The van der Waals surface area contributed by atoms with Crippen molar-refractivity contribution in [1.29, 1.82) is 0 Å². The summed E-state index contributed by atoms with van der Waals surface area (Å²) in [7, 11) is 0. The molecule has 1 atom stereocenters. The Balaban J connectivity index is 1.98. The predicted molar refractivity (Wildman–Crippen MR) is 59.4 cm³/mol. The lowest BCUT2D eigenvalue weighted by Gasteiger charge is -2.37. The Labute approximate surface area is 88.2 Å². The number of aliphatic hydroxyl groups is 1. The van der Waals surface area contributed by atoms with Crippen LogP contribution in [0.25, 0.3) is 0 Å². The third-order valence-corrected chi connectivity index (χ3v) is 2.86. The lowest BCUT2D eigenvalue weighted by atomic mass is 10.1. The highest BCUT2D eigenvalue weighted by Crippen LogP contribution is 2.30. The highest BCUT2D eigenvalue weighted by atomic mass is 16.3. The van der Waals surface area contributed by atoms with Crippen LogP contribution in [0.4, 0.5) is 11.4 Å². The molecule has 1 unspecified atom stereocenters. The van der Waals surface area contributed by atoms with E-state index in [1.165, 1.54) is 6.42 Å². The zero-order valence-corrected chi connectivity index (χ0v) is 8.35. The fraction of sp³-hybridized carbons (Fsp3) is 0.364. The number of para-hydroxylation sites is 2. The van der Waals surface area contributed by atoms with E-state index < -0.39 is 6.23 Å². The topological polar surface area (TPSA) is 47.9 Å². The predicted octanol–water partition coefficient (Wildman–Crippen LogP) is 1.17. The minimum absolute atomic E-state index is 0.666. The number of likely N-dealkylation sites (tertiary alicyclic amines) is 1. The number of rotatable bonds is 0. The number of anilines is 1. The van der Waals surface area contributed by atoms with E-state index in [2.05, 4.69) is 15.2 Å². The molecule has 2 N–H and O–H groups in total. The summed E-state index contributed by atoms with van der Waals surface area (Å²) in [5.74, 6) is 0.750. The van der Waals surface area contributed by atoms with Crippen molar-refractivity contribution in [3.63, 3.8) is 0 Å². The lowest BCUT2D eigenvalue weighted by Crippen LogP contribution is -2.50. The van der Waals surface area contributed by atoms with Gasteiger partial charge in [-0.25, -0.2) is 4.99 Å². The summed E-state index contributed by atoms with van der Waals surface area (Å²) >= 11 is 0. The number of amidine groups is 1. The van der Waals surface area contributed by atoms with Crippen molar-refractivity contribution in [2.75, 3.05) is 18.4 Å². The summed E-state index contributed by atoms with van der Waals surface area (Å²) in [4.78, 5) is 6.58. The highest BCUT2D eigenvalue weighted by Gasteiger charge is 2.27. The zero-order chi connectivity index (χ0) is 10.3. The van der Waals surface area contributed by atoms with Crippen LogP contribution < -0.4 is 5.32 Å². The van der Waals surface area contributed by atoms with Gasteiger partial charge in [0.1, 0.15) is 0 Å². The second kappa shape index (κ2) is 3.24. The van der Waals surface area contributed by atoms with E-state index >= 15 is 0 Å². The number of hydrogen-bond acceptors (Lipinski definition) is 4. The van der Waals surface area contributed by atoms with Gasteiger partial charge in [-0.2, -0.15) is 0 Å². The van der Waals surface area contributed by atoms with E-state index in [9.17, 15) is 5.11 Å². The molecule has 0 aliphatic carbocycles. The minimum Gasteiger partial charge on any atom is -0.367 e. The second-order valence-corrected chi connectivity index (χ2v) is 3.87. The molecule has 15 heavy (non-hydrogen) atoms. The largest absolute Gasteiger partial charge is 0.367 e. The molecule has 0 amide bonds. The van der Waals surface area contributed by atoms with Gasteiger partial charge in [-0.1, -0.05) is 12.1 Å². The summed E-state index contributed by atoms with van der Waals surface area (Å²) in [6.45, 7) is 2.00. The van der Waals surface area contributed by atoms with Crippen LogP contribution in [0, 0.1) is 0 Å². The number of fused-ring (bicyclic) bond motifs is 1. The van der Waals surface area contributed by atoms with E-state index in [-0.39, 0.29) is 0 Å². The number of aliphatic hydroxyl groups excluding tert-OH is 1. The van der Waals surface area contributed by atoms with Crippen LogP contribution in [-0.4, -0.2) is 35.2 Å². The molecule has 0 bridgehead atoms. The highest BCUT2D eigenvalue weighted by molar-refractivity contribution is 5.95. The van der Waals surface area contributed by atoms with Gasteiger partial charge in [-0.15, -0.1) is 0 Å². The van der Waals surface area contributed by atoms with E-state index in [0.29, 0.717) is 0 Å². The molecule has 4 nitrogen and oxygen atoms in total. The smallest absolute Gasteiger partial charge is 0.184 e. The van der Waals surface area contributed by atoms with Gasteiger partial charge in [-0.3, -0.25) is 0 Å². The molecule has 3 rings (SSSR count). The number of aliphatic imine (C=N–C) groups is 1. The molecule has 1 fully saturated rings. The van der Waals surface area contributed by atoms with Crippen LogP contribution in [-0.2, 0) is 0 Å². The van der Waals surface area contributed by atoms with E-state index in [0.717, 1.165) is 30.3 Å². The van der Waals surface area contributed by atoms with Crippen LogP contribution in [0.1, 0.15) is 6.42 Å². The zero-order valence-electron chi connectivity index (χ0n) is 8.35. The van der Waals surface area contributed by atoms with Gasteiger partial charge in [0.15, 0.2) is 12.1 Å². The molecular formula is C11H13N3O. The average molecular weight is 203 g/mol. The third kappa shape index (κ3) is 1.37. The van der Waals surface area contributed by atoms with Gasteiger partial charge in [0.25, 0.3) is 0 Å². The van der Waals surface area contributed by atoms with Crippen molar-refractivity contribution in [3.05, 3.63) is 24.3 Å². The maximum Gasteiger partial charge on any atom is 0.184 e. The number of hydrogen-bond donors (Lipinski definition) is 2. The van der Waals surface area contributed by atoms with Crippen LogP contribution in [0.5, 0.6) is 0 Å². The third-order valence-electron chi connectivity index (χ3n) is 2.86. The molecule has 1 aromatic rings. The fourth-order valence-electron chi connectivity index (χ4n) is 1.88. The molecule has 0 saturated carbocycles. The number of benzene rings is 1. The Morgan fingerprint density at radius 2 is 2.13 bits per heavy atom. The monoisotopic (exact) mass is 203 g/mol. The Morgan fingerprint density at radius 1 is 1.33 bits per heavy atom. The molecule has 2 heterocycles. The fourth-order valence-corrected chi connectivity index (χ4v) is 1.88. The Hall–Kier alpha value is -1.55. The number of nitrogens with one attached hydrogen (secondary N) is 1. The maximum absolute atomic E-state index is 9.87. The van der Waals surface area contributed by atoms with Gasteiger partial charge in [0.2, 0.25) is 0 Å². The second-order valence-electron chi connectivity index (χ2n) is 3.87. The summed E-state index contributed by atoms with van der Waals surface area (Å²) in [6.07, 6.45) is 0.521. The summed E-state index contributed by atoms with van der Waals surface area (Å²) in [5.41, 5.74) is 1.80. The molecule has 1 aromatic carbocycles. The van der Waals surface area contributed by atoms with Crippen molar-refractivity contribution in [2.24, 2.45) is 4.99 Å². The molecule has 4 heteroatoms. The van der Waals surface area contributed by atoms with Gasteiger partial charge in [-0.05, 0) is 18.6 Å². The summed E-state index contributed by atoms with van der Waals surface area (Å²) in [6, 6.07) is 7.76. The van der Waals surface area contributed by atoms with E-state index in [4.69, 9.17) is 0 Å². The van der Waals surface area contributed by atoms with Crippen molar-refractivity contribution in [3.8, 4) is 0 Å². The first-order chi connectivity index (χ1) is 7.34.